The molecule has 0 heterocycles. The van der Waals surface area contributed by atoms with Gasteiger partial charge < -0.3 is 14.4 Å². The molecule has 50 heavy (non-hydrogen) atoms. The van der Waals surface area contributed by atoms with Gasteiger partial charge in [-0.15, -0.1) is 15.3 Å². The summed E-state index contributed by atoms with van der Waals surface area (Å²) in [6, 6.07) is 12.6. The number of nitro benzene ring substituents is 2. The molecule has 0 saturated carbocycles. The van der Waals surface area contributed by atoms with Gasteiger partial charge in [0.2, 0.25) is 0 Å². The number of hydrogen-bond acceptors (Lipinski definition) is 11. The molecule has 2 unspecified atom stereocenters. The van der Waals surface area contributed by atoms with Crippen molar-refractivity contribution in [3.8, 4) is 11.5 Å². The lowest BCUT2D eigenvalue weighted by atomic mass is 10.0. The van der Waals surface area contributed by atoms with E-state index in [9.17, 15) is 20.2 Å². The summed E-state index contributed by atoms with van der Waals surface area (Å²) in [4.78, 5) is 23.7. The number of ether oxygens (including phenoxy) is 2. The molecule has 0 aliphatic heterocycles. The first kappa shape index (κ1) is 39.5. The molecule has 0 saturated heterocycles. The summed E-state index contributed by atoms with van der Waals surface area (Å²) in [5, 5.41) is 40.9. The predicted molar refractivity (Wildman–Crippen MR) is 198 cm³/mol. The molecular formula is C37H51N7O6. The van der Waals surface area contributed by atoms with E-state index in [1.807, 2.05) is 44.1 Å². The second-order valence-corrected chi connectivity index (χ2v) is 12.7. The van der Waals surface area contributed by atoms with E-state index in [-0.39, 0.29) is 11.4 Å². The Labute approximate surface area is 295 Å². The number of unbranched alkanes of at least 4 members (excludes halogenated alkanes) is 2. The van der Waals surface area contributed by atoms with E-state index >= 15 is 0 Å². The molecule has 3 rings (SSSR count). The van der Waals surface area contributed by atoms with Crippen molar-refractivity contribution in [1.82, 2.24) is 0 Å². The molecular weight excluding hydrogens is 638 g/mol. The number of non-ortho nitro benzene ring substituents is 1. The molecule has 0 aliphatic carbocycles. The first-order valence-electron chi connectivity index (χ1n) is 17.5. The van der Waals surface area contributed by atoms with Crippen LogP contribution in [0, 0.1) is 39.0 Å². The van der Waals surface area contributed by atoms with E-state index < -0.39 is 21.2 Å². The predicted octanol–water partition coefficient (Wildman–Crippen LogP) is 11.9. The van der Waals surface area contributed by atoms with Crippen LogP contribution >= 0.6 is 0 Å². The highest BCUT2D eigenvalue weighted by molar-refractivity contribution is 5.68. The molecule has 270 valence electrons. The molecule has 0 spiro atoms. The van der Waals surface area contributed by atoms with Gasteiger partial charge in [-0.3, -0.25) is 20.2 Å². The number of nitro groups is 2. The fraction of sp³-hybridized carbons (Fsp3) is 0.514. The summed E-state index contributed by atoms with van der Waals surface area (Å²) in [7, 11) is 3.96. The van der Waals surface area contributed by atoms with E-state index in [0.29, 0.717) is 47.9 Å². The van der Waals surface area contributed by atoms with Crippen molar-refractivity contribution in [2.24, 2.45) is 32.3 Å². The quantitative estimate of drug-likeness (QED) is 0.0611. The summed E-state index contributed by atoms with van der Waals surface area (Å²) in [5.41, 5.74) is 2.37. The van der Waals surface area contributed by atoms with Gasteiger partial charge in [0.25, 0.3) is 5.69 Å². The molecule has 0 aliphatic rings. The molecule has 0 fully saturated rings. The summed E-state index contributed by atoms with van der Waals surface area (Å²) < 4.78 is 12.8. The van der Waals surface area contributed by atoms with E-state index in [2.05, 4.69) is 48.2 Å². The average Bonchev–Trinajstić information content (AvgIpc) is 3.10. The van der Waals surface area contributed by atoms with E-state index in [1.165, 1.54) is 6.07 Å². The Morgan fingerprint density at radius 1 is 0.680 bits per heavy atom. The lowest BCUT2D eigenvalue weighted by Gasteiger charge is -2.19. The minimum atomic E-state index is -0.718. The maximum atomic E-state index is 11.8. The van der Waals surface area contributed by atoms with E-state index in [4.69, 9.17) is 9.47 Å². The molecule has 2 atom stereocenters. The maximum absolute atomic E-state index is 11.8. The van der Waals surface area contributed by atoms with Crippen LogP contribution in [-0.2, 0) is 0 Å². The van der Waals surface area contributed by atoms with Crippen LogP contribution in [0.5, 0.6) is 11.5 Å². The van der Waals surface area contributed by atoms with Crippen molar-refractivity contribution < 1.29 is 19.3 Å². The Kier molecular flexibility index (Phi) is 15.7. The molecule has 13 heteroatoms. The molecule has 0 bridgehead atoms. The van der Waals surface area contributed by atoms with E-state index in [0.717, 1.165) is 74.8 Å². The molecule has 3 aromatic rings. The van der Waals surface area contributed by atoms with Gasteiger partial charge in [-0.2, -0.15) is 5.11 Å². The van der Waals surface area contributed by atoms with Crippen molar-refractivity contribution in [2.75, 3.05) is 32.2 Å². The van der Waals surface area contributed by atoms with Gasteiger partial charge in [-0.25, -0.2) is 0 Å². The van der Waals surface area contributed by atoms with Crippen molar-refractivity contribution in [3.63, 3.8) is 0 Å². The molecule has 3 aromatic carbocycles. The summed E-state index contributed by atoms with van der Waals surface area (Å²) in [5.74, 6) is 1.42. The second-order valence-electron chi connectivity index (χ2n) is 12.7. The smallest absolute Gasteiger partial charge is 0.303 e. The van der Waals surface area contributed by atoms with Crippen LogP contribution in [0.15, 0.2) is 69.0 Å². The topological polar surface area (TPSA) is 157 Å². The Hall–Kier alpha value is -4.94. The number of rotatable bonds is 21. The number of hydrogen-bond donors (Lipinski definition) is 0. The Morgan fingerprint density at radius 3 is 1.62 bits per heavy atom. The maximum Gasteiger partial charge on any atom is 0.303 e. The van der Waals surface area contributed by atoms with Gasteiger partial charge in [0, 0.05) is 38.0 Å². The van der Waals surface area contributed by atoms with Crippen LogP contribution in [0.4, 0.5) is 39.8 Å². The van der Waals surface area contributed by atoms with Crippen molar-refractivity contribution in [2.45, 2.75) is 86.0 Å². The number of azo groups is 2. The third kappa shape index (κ3) is 11.6. The highest BCUT2D eigenvalue weighted by Crippen LogP contribution is 2.43. The van der Waals surface area contributed by atoms with E-state index in [1.54, 1.807) is 12.1 Å². The largest absolute Gasteiger partial charge is 0.491 e. The minimum absolute atomic E-state index is 0.130. The fourth-order valence-corrected chi connectivity index (χ4v) is 5.24. The van der Waals surface area contributed by atoms with Gasteiger partial charge in [0.1, 0.15) is 22.9 Å². The van der Waals surface area contributed by atoms with Crippen LogP contribution < -0.4 is 14.4 Å². The summed E-state index contributed by atoms with van der Waals surface area (Å²) in [6.45, 7) is 11.4. The number of benzene rings is 3. The van der Waals surface area contributed by atoms with Crippen LogP contribution in [-0.4, -0.2) is 37.2 Å². The summed E-state index contributed by atoms with van der Waals surface area (Å²) >= 11 is 0. The third-order valence-electron chi connectivity index (χ3n) is 8.67. The lowest BCUT2D eigenvalue weighted by Crippen LogP contribution is -2.12. The van der Waals surface area contributed by atoms with Crippen LogP contribution in [0.2, 0.25) is 0 Å². The minimum Gasteiger partial charge on any atom is -0.491 e. The first-order chi connectivity index (χ1) is 24.0. The van der Waals surface area contributed by atoms with Gasteiger partial charge in [-0.1, -0.05) is 66.2 Å². The average molecular weight is 690 g/mol. The summed E-state index contributed by atoms with van der Waals surface area (Å²) in [6.07, 6.45) is 8.23. The van der Waals surface area contributed by atoms with Gasteiger partial charge >= 0.3 is 5.69 Å². The molecule has 0 amide bonds. The normalized spacial score (nSPS) is 12.7. The number of aryl methyl sites for hydroxylation is 1. The Bertz CT molecular complexity index is 1640. The van der Waals surface area contributed by atoms with Gasteiger partial charge in [0.15, 0.2) is 5.69 Å². The van der Waals surface area contributed by atoms with Crippen molar-refractivity contribution >= 4 is 39.8 Å². The molecule has 13 nitrogen and oxygen atoms in total. The number of anilines is 1. The second kappa shape index (κ2) is 19.9. The van der Waals surface area contributed by atoms with Crippen LogP contribution in [0.3, 0.4) is 0 Å². The zero-order valence-corrected chi connectivity index (χ0v) is 30.4. The van der Waals surface area contributed by atoms with Crippen LogP contribution in [0.25, 0.3) is 0 Å². The molecule has 0 aromatic heterocycles. The lowest BCUT2D eigenvalue weighted by molar-refractivity contribution is -0.393. The van der Waals surface area contributed by atoms with Crippen molar-refractivity contribution in [3.05, 3.63) is 74.3 Å². The monoisotopic (exact) mass is 689 g/mol. The van der Waals surface area contributed by atoms with Gasteiger partial charge in [-0.05, 0) is 61.4 Å². The zero-order chi connectivity index (χ0) is 36.6. The Balaban J connectivity index is 2.15. The highest BCUT2D eigenvalue weighted by Gasteiger charge is 2.21. The first-order valence-corrected chi connectivity index (χ1v) is 17.5. The van der Waals surface area contributed by atoms with Crippen LogP contribution in [0.1, 0.15) is 84.6 Å². The number of nitrogens with zero attached hydrogens (tertiary/aromatic N) is 7. The third-order valence-corrected chi connectivity index (χ3v) is 8.67. The molecule has 0 radical (unpaired) electrons. The highest BCUT2D eigenvalue weighted by atomic mass is 16.6. The standard InChI is InChI=1S/C37H51N7O6/c1-8-12-14-27(10-3)24-49-36-23-34(41-39-32-19-17-30(43(45)46)21-35(32)44(47)48)37(50-25-28(11-4)15-13-9-2)22-33(36)40-38-31-18-16-29(42(6)7)20-26(31)5/h16-23,27-28H,8-15,24-25H2,1-7H3/b40-38+,41-39+. The Morgan fingerprint density at radius 2 is 1.18 bits per heavy atom. The van der Waals surface area contributed by atoms with Crippen molar-refractivity contribution in [1.29, 1.82) is 0 Å². The SMILES string of the molecule is CCCCC(CC)COc1cc(/N=N/c2ccc([N+](=O)[O-])cc2[N+](=O)[O-])c(OCC(CC)CCCC)cc1/N=N/c1ccc(N(C)C)cc1C. The van der Waals surface area contributed by atoms with Gasteiger partial charge in [0.05, 0.1) is 34.8 Å². The zero-order valence-electron chi connectivity index (χ0n) is 30.4. The molecule has 0 N–H and O–H groups in total. The fourth-order valence-electron chi connectivity index (χ4n) is 5.24.